The largest absolute Gasteiger partial charge is 0.456 e. The molecule has 6 heteroatoms. The van der Waals surface area contributed by atoms with Gasteiger partial charge in [0.2, 0.25) is 0 Å². The van der Waals surface area contributed by atoms with E-state index in [0.29, 0.717) is 0 Å². The molecule has 0 unspecified atom stereocenters. The third-order valence-electron chi connectivity index (χ3n) is 24.8. The van der Waals surface area contributed by atoms with Gasteiger partial charge in [-0.1, -0.05) is 437 Å². The maximum absolute atomic E-state index is 6.71. The highest BCUT2D eigenvalue weighted by atomic mass is 16.4. The molecule has 0 aliphatic rings. The molecule has 26 rings (SSSR count). The maximum atomic E-state index is 6.71. The second-order valence-corrected chi connectivity index (χ2v) is 32.6. The predicted molar refractivity (Wildman–Crippen MR) is 540 cm³/mol. The number of benzene rings is 20. The van der Waals surface area contributed by atoms with Gasteiger partial charge in [-0.05, 0) is 115 Å². The van der Waals surface area contributed by atoms with Crippen molar-refractivity contribution in [3.8, 4) is 135 Å². The van der Waals surface area contributed by atoms with Crippen LogP contribution in [0, 0.1) is 0 Å². The van der Waals surface area contributed by atoms with Gasteiger partial charge in [0.15, 0.2) is 0 Å². The summed E-state index contributed by atoms with van der Waals surface area (Å²) in [7, 11) is 0. The first-order valence-corrected chi connectivity index (χ1v) is 44.0. The average molecular weight is 1670 g/mol. The van der Waals surface area contributed by atoms with E-state index in [-0.39, 0.29) is 0 Å². The maximum Gasteiger partial charge on any atom is 0.143 e. The monoisotopic (exact) mass is 1660 g/mol. The van der Waals surface area contributed by atoms with Crippen LogP contribution < -0.4 is 0 Å². The fraction of sp³-hybridized carbons (Fsp3) is 0. The molecular weight excluding hydrogens is 1590 g/mol. The lowest BCUT2D eigenvalue weighted by atomic mass is 9.91. The van der Waals surface area contributed by atoms with Gasteiger partial charge < -0.3 is 26.5 Å². The van der Waals surface area contributed by atoms with Crippen LogP contribution in [0.2, 0.25) is 0 Å². The Morgan fingerprint density at radius 2 is 0.392 bits per heavy atom. The van der Waals surface area contributed by atoms with Gasteiger partial charge in [0.1, 0.15) is 68.4 Å². The molecule has 0 saturated heterocycles. The van der Waals surface area contributed by atoms with Gasteiger partial charge in [-0.2, -0.15) is 0 Å². The lowest BCUT2D eigenvalue weighted by Gasteiger charge is -2.12. The van der Waals surface area contributed by atoms with Crippen molar-refractivity contribution in [3.05, 3.63) is 485 Å². The molecule has 612 valence electrons. The third-order valence-corrected chi connectivity index (χ3v) is 24.8. The molecule has 20 aromatic carbocycles. The van der Waals surface area contributed by atoms with E-state index in [0.717, 1.165) is 200 Å². The van der Waals surface area contributed by atoms with E-state index in [1.807, 2.05) is 78.9 Å². The van der Waals surface area contributed by atoms with E-state index < -0.39 is 0 Å². The Labute approximate surface area is 750 Å². The lowest BCUT2D eigenvalue weighted by Crippen LogP contribution is -1.87. The van der Waals surface area contributed by atoms with Crippen LogP contribution in [0.5, 0.6) is 0 Å². The molecule has 0 N–H and O–H groups in total. The number of rotatable bonds is 12. The highest BCUT2D eigenvalue weighted by Gasteiger charge is 2.26. The Morgan fingerprint density at radius 3 is 0.838 bits per heavy atom. The summed E-state index contributed by atoms with van der Waals surface area (Å²) in [5.41, 5.74) is 21.6. The molecule has 0 spiro atoms. The lowest BCUT2D eigenvalue weighted by molar-refractivity contribution is 0.602. The molecule has 0 bridgehead atoms. The predicted octanol–water partition coefficient (Wildman–Crippen LogP) is 35.8. The molecule has 130 heavy (non-hydrogen) atoms. The van der Waals surface area contributed by atoms with Crippen molar-refractivity contribution in [1.29, 1.82) is 0 Å². The van der Waals surface area contributed by atoms with E-state index >= 15 is 0 Å². The van der Waals surface area contributed by atoms with Gasteiger partial charge in [-0.25, -0.2) is 0 Å². The topological polar surface area (TPSA) is 78.8 Å². The molecule has 0 fully saturated rings. The van der Waals surface area contributed by atoms with E-state index in [4.69, 9.17) is 26.5 Å². The molecule has 0 aliphatic carbocycles. The summed E-state index contributed by atoms with van der Waals surface area (Å²) in [5.74, 6) is 7.24. The zero-order valence-electron chi connectivity index (χ0n) is 70.6. The first-order valence-electron chi connectivity index (χ1n) is 44.0. The molecule has 0 radical (unpaired) electrons. The highest BCUT2D eigenvalue weighted by Crippen LogP contribution is 2.51. The number of furan rings is 6. The Balaban J connectivity index is 0.0000000988. The smallest absolute Gasteiger partial charge is 0.143 e. The standard InChI is InChI=1S/2C32H20O2.2C30H20O/c1-2-10-21(11-3-1)31-27-15-6-7-16-28(27)32(34-31)26-14-5-4-12-23(26)22-18-19-25-24-13-8-9-17-29(24)33-30(25)20-22;1-2-10-21(11-3-1)31-26-15-6-7-16-27(26)32(34-31)25-14-5-4-12-23(25)22-18-19-30-28(20-22)24-13-8-9-17-29(24)33-30;1-3-11-21(12-4-1)25-20-19-22-13-7-8-16-24(22)28(25)30-27-18-10-9-17-26(27)29(31-30)23-14-5-2-6-15-23;1-3-11-21(12-4-1)27-19-23-15-7-8-16-24(23)20-28(27)30-26-18-10-9-17-25(26)29(31-30)22-13-5-2-6-14-22/h2*1-20H;2*1-20H. The minimum Gasteiger partial charge on any atom is -0.456 e. The average Bonchev–Trinajstić information content (AvgIpc) is 1.13. The number of hydrogen-bond acceptors (Lipinski definition) is 6. The summed E-state index contributed by atoms with van der Waals surface area (Å²) < 4.78 is 38.8. The van der Waals surface area contributed by atoms with Crippen molar-refractivity contribution in [2.45, 2.75) is 0 Å². The van der Waals surface area contributed by atoms with Gasteiger partial charge in [0.25, 0.3) is 0 Å². The summed E-state index contributed by atoms with van der Waals surface area (Å²) in [6.45, 7) is 0. The first-order chi connectivity index (χ1) is 64.5. The molecule has 6 aromatic heterocycles. The van der Waals surface area contributed by atoms with Gasteiger partial charge >= 0.3 is 0 Å². The molecule has 0 saturated carbocycles. The summed E-state index contributed by atoms with van der Waals surface area (Å²) in [4.78, 5) is 0. The van der Waals surface area contributed by atoms with Crippen LogP contribution >= 0.6 is 0 Å². The summed E-state index contributed by atoms with van der Waals surface area (Å²) in [5, 5.41) is 18.4. The Kier molecular flexibility index (Phi) is 20.2. The molecule has 0 atom stereocenters. The molecule has 0 aliphatic heterocycles. The molecule has 0 amide bonds. The Hall–Kier alpha value is -17.3. The fourth-order valence-electron chi connectivity index (χ4n) is 18.7. The van der Waals surface area contributed by atoms with Gasteiger partial charge in [-0.15, -0.1) is 0 Å². The second-order valence-electron chi connectivity index (χ2n) is 32.6. The van der Waals surface area contributed by atoms with Crippen molar-refractivity contribution < 1.29 is 26.5 Å². The summed E-state index contributed by atoms with van der Waals surface area (Å²) >= 11 is 0. The SMILES string of the molecule is c1ccc(-c2cc3ccccc3cc2-c2oc(-c3ccccc3)c3ccccc23)cc1.c1ccc(-c2ccc3ccccc3c2-c2oc(-c3ccccc3)c3ccccc23)cc1.c1ccc(-c2oc(-c3ccccc3-c3ccc4c(c3)oc3ccccc34)c3ccccc23)cc1.c1ccc(-c2oc(-c3ccccc3-c3ccc4oc5ccccc5c4c3)c3ccccc23)cc1. The Bertz CT molecular complexity index is 8600. The molecule has 26 aromatic rings. The van der Waals surface area contributed by atoms with E-state index in [1.165, 1.54) is 43.8 Å². The third kappa shape index (κ3) is 14.4. The summed E-state index contributed by atoms with van der Waals surface area (Å²) in [6.07, 6.45) is 0. The molecular formula is C124H80O6. The van der Waals surface area contributed by atoms with Gasteiger partial charge in [0, 0.05) is 109 Å². The quantitative estimate of drug-likeness (QED) is 0.121. The number of hydrogen-bond donors (Lipinski definition) is 0. The van der Waals surface area contributed by atoms with Crippen LogP contribution in [0.1, 0.15) is 0 Å². The highest BCUT2D eigenvalue weighted by molar-refractivity contribution is 6.15. The van der Waals surface area contributed by atoms with Crippen LogP contribution in [0.3, 0.4) is 0 Å². The van der Waals surface area contributed by atoms with Crippen LogP contribution in [0.4, 0.5) is 0 Å². The Morgan fingerprint density at radius 1 is 0.108 bits per heavy atom. The van der Waals surface area contributed by atoms with E-state index in [9.17, 15) is 0 Å². The molecule has 6 heterocycles. The minimum atomic E-state index is 0.884. The van der Waals surface area contributed by atoms with Gasteiger partial charge in [0.05, 0.1) is 0 Å². The number of para-hydroxylation sites is 2. The van der Waals surface area contributed by atoms with Crippen molar-refractivity contribution in [2.24, 2.45) is 0 Å². The molecule has 6 nitrogen and oxygen atoms in total. The van der Waals surface area contributed by atoms with E-state index in [1.54, 1.807) is 0 Å². The zero-order chi connectivity index (χ0) is 86.2. The fourth-order valence-corrected chi connectivity index (χ4v) is 18.7. The zero-order valence-corrected chi connectivity index (χ0v) is 70.6. The van der Waals surface area contributed by atoms with Gasteiger partial charge in [-0.3, -0.25) is 0 Å². The number of fused-ring (bicyclic) bond motifs is 12. The van der Waals surface area contributed by atoms with Crippen LogP contribution in [-0.4, -0.2) is 0 Å². The van der Waals surface area contributed by atoms with Crippen molar-refractivity contribution in [1.82, 2.24) is 0 Å². The van der Waals surface area contributed by atoms with Crippen LogP contribution in [0.15, 0.2) is 512 Å². The minimum absolute atomic E-state index is 0.884. The van der Waals surface area contributed by atoms with Crippen LogP contribution in [0.25, 0.3) is 244 Å². The first kappa shape index (κ1) is 77.5. The second kappa shape index (κ2) is 34.0. The summed E-state index contributed by atoms with van der Waals surface area (Å²) in [6, 6.07) is 168. The normalized spacial score (nSPS) is 11.4. The van der Waals surface area contributed by atoms with Crippen LogP contribution in [-0.2, 0) is 0 Å². The van der Waals surface area contributed by atoms with E-state index in [2.05, 4.69) is 406 Å². The van der Waals surface area contributed by atoms with Crippen molar-refractivity contribution >= 4 is 109 Å². The van der Waals surface area contributed by atoms with Crippen molar-refractivity contribution in [2.75, 3.05) is 0 Å². The van der Waals surface area contributed by atoms with Crippen molar-refractivity contribution in [3.63, 3.8) is 0 Å².